The van der Waals surface area contributed by atoms with Crippen LogP contribution in [0.1, 0.15) is 33.5 Å². The summed E-state index contributed by atoms with van der Waals surface area (Å²) in [4.78, 5) is 30.2. The van der Waals surface area contributed by atoms with Crippen molar-refractivity contribution in [3.05, 3.63) is 34.8 Å². The van der Waals surface area contributed by atoms with Gasteiger partial charge in [-0.3, -0.25) is 4.79 Å². The molecule has 2 aliphatic rings. The van der Waals surface area contributed by atoms with Crippen molar-refractivity contribution < 1.29 is 13.9 Å². The van der Waals surface area contributed by atoms with E-state index in [2.05, 4.69) is 30.1 Å². The number of aromatic nitrogens is 3. The van der Waals surface area contributed by atoms with Gasteiger partial charge in [0, 0.05) is 44.0 Å². The van der Waals surface area contributed by atoms with Crippen LogP contribution in [-0.4, -0.2) is 71.7 Å². The Hall–Kier alpha value is -2.52. The summed E-state index contributed by atoms with van der Waals surface area (Å²) in [6, 6.07) is 1.95. The van der Waals surface area contributed by atoms with Gasteiger partial charge in [-0.15, -0.1) is 0 Å². The molecule has 9 nitrogen and oxygen atoms in total. The number of hydrogen-bond donors (Lipinski definition) is 1. The second kappa shape index (κ2) is 7.84. The highest BCUT2D eigenvalue weighted by Crippen LogP contribution is 2.23. The first-order valence-electron chi connectivity index (χ1n) is 9.62. The summed E-state index contributed by atoms with van der Waals surface area (Å²) >= 11 is 0. The van der Waals surface area contributed by atoms with Crippen molar-refractivity contribution >= 4 is 11.9 Å². The molecule has 0 spiro atoms. The fourth-order valence-corrected chi connectivity index (χ4v) is 3.59. The molecule has 4 heterocycles. The summed E-state index contributed by atoms with van der Waals surface area (Å²) in [5, 5.41) is 2.87. The lowest BCUT2D eigenvalue weighted by Gasteiger charge is -2.29. The van der Waals surface area contributed by atoms with Crippen molar-refractivity contribution in [3.63, 3.8) is 0 Å². The van der Waals surface area contributed by atoms with Crippen LogP contribution < -0.4 is 10.2 Å². The molecule has 1 unspecified atom stereocenters. The summed E-state index contributed by atoms with van der Waals surface area (Å²) in [6.45, 7) is 8.02. The van der Waals surface area contributed by atoms with Crippen molar-refractivity contribution in [2.45, 2.75) is 32.9 Å². The Morgan fingerprint density at radius 3 is 2.79 bits per heavy atom. The van der Waals surface area contributed by atoms with E-state index in [9.17, 15) is 4.79 Å². The first-order valence-corrected chi connectivity index (χ1v) is 9.62. The Bertz CT molecular complexity index is 847. The molecule has 1 N–H and O–H groups in total. The van der Waals surface area contributed by atoms with Gasteiger partial charge in [0.25, 0.3) is 5.89 Å². The number of carbonyl (C=O) groups excluding carboxylic acids is 1. The van der Waals surface area contributed by atoms with Gasteiger partial charge in [0.05, 0.1) is 19.3 Å². The molecule has 1 atom stereocenters. The van der Waals surface area contributed by atoms with E-state index in [-0.39, 0.29) is 17.9 Å². The van der Waals surface area contributed by atoms with Crippen LogP contribution >= 0.6 is 0 Å². The summed E-state index contributed by atoms with van der Waals surface area (Å²) in [5.41, 5.74) is 2.64. The molecule has 2 aromatic rings. The quantitative estimate of drug-likeness (QED) is 0.821. The lowest BCUT2D eigenvalue weighted by Crippen LogP contribution is -2.46. The van der Waals surface area contributed by atoms with Crippen LogP contribution in [0.3, 0.4) is 0 Å². The van der Waals surface area contributed by atoms with Crippen LogP contribution in [-0.2, 0) is 17.7 Å². The monoisotopic (exact) mass is 386 g/mol. The third-order valence-corrected chi connectivity index (χ3v) is 5.01. The molecule has 4 rings (SSSR count). The third-order valence-electron chi connectivity index (χ3n) is 5.01. The molecule has 28 heavy (non-hydrogen) atoms. The average molecular weight is 386 g/mol. The number of nitrogens with one attached hydrogen (secondary N) is 1. The van der Waals surface area contributed by atoms with Gasteiger partial charge in [0.2, 0.25) is 5.95 Å². The fourth-order valence-electron chi connectivity index (χ4n) is 3.59. The summed E-state index contributed by atoms with van der Waals surface area (Å²) in [6.07, 6.45) is 0.659. The first-order chi connectivity index (χ1) is 13.5. The van der Waals surface area contributed by atoms with Crippen LogP contribution in [0.4, 0.5) is 5.95 Å². The van der Waals surface area contributed by atoms with E-state index >= 15 is 0 Å². The van der Waals surface area contributed by atoms with Gasteiger partial charge in [-0.2, -0.15) is 0 Å². The highest BCUT2D eigenvalue weighted by atomic mass is 16.5. The van der Waals surface area contributed by atoms with Gasteiger partial charge in [0.1, 0.15) is 11.5 Å². The van der Waals surface area contributed by atoms with Gasteiger partial charge in [-0.25, -0.2) is 15.0 Å². The number of anilines is 1. The van der Waals surface area contributed by atoms with Crippen molar-refractivity contribution in [2.75, 3.05) is 44.7 Å². The number of rotatable bonds is 4. The number of aryl methyl sites for hydroxylation is 2. The largest absolute Gasteiger partial charge is 0.437 e. The first kappa shape index (κ1) is 18.8. The van der Waals surface area contributed by atoms with Crippen LogP contribution in [0.25, 0.3) is 0 Å². The predicted octanol–water partition coefficient (Wildman–Crippen LogP) is 0.705. The average Bonchev–Trinajstić information content (AvgIpc) is 3.09. The SMILES string of the molecule is Cc1cc(C)nc(N2CCc3oc(C(=O)NCC4CN(C)CCO4)nc3C2)n1. The minimum absolute atomic E-state index is 0.00973. The van der Waals surface area contributed by atoms with E-state index in [0.29, 0.717) is 32.1 Å². The highest BCUT2D eigenvalue weighted by molar-refractivity contribution is 5.89. The summed E-state index contributed by atoms with van der Waals surface area (Å²) in [7, 11) is 2.05. The molecule has 0 aliphatic carbocycles. The van der Waals surface area contributed by atoms with E-state index < -0.39 is 0 Å². The second-order valence-electron chi connectivity index (χ2n) is 7.48. The Kier molecular flexibility index (Phi) is 5.27. The van der Waals surface area contributed by atoms with E-state index in [4.69, 9.17) is 9.15 Å². The fraction of sp³-hybridized carbons (Fsp3) is 0.579. The van der Waals surface area contributed by atoms with Crippen molar-refractivity contribution in [1.82, 2.24) is 25.2 Å². The molecular formula is C19H26N6O3. The Labute approximate surface area is 164 Å². The van der Waals surface area contributed by atoms with Gasteiger partial charge in [-0.1, -0.05) is 0 Å². The number of ether oxygens (including phenoxy) is 1. The normalized spacial score (nSPS) is 20.1. The minimum atomic E-state index is -0.305. The maximum absolute atomic E-state index is 12.5. The molecule has 1 saturated heterocycles. The maximum Gasteiger partial charge on any atom is 0.307 e. The number of morpholine rings is 1. The molecule has 1 amide bonds. The smallest absolute Gasteiger partial charge is 0.307 e. The molecular weight excluding hydrogens is 360 g/mol. The van der Waals surface area contributed by atoms with Gasteiger partial charge >= 0.3 is 5.91 Å². The van der Waals surface area contributed by atoms with Gasteiger partial charge in [-0.05, 0) is 27.0 Å². The zero-order valence-corrected chi connectivity index (χ0v) is 16.6. The van der Waals surface area contributed by atoms with Crippen molar-refractivity contribution in [2.24, 2.45) is 0 Å². The molecule has 9 heteroatoms. The number of likely N-dealkylation sites (N-methyl/N-ethyl adjacent to an activating group) is 1. The van der Waals surface area contributed by atoms with E-state index in [0.717, 1.165) is 42.5 Å². The molecule has 1 fully saturated rings. The molecule has 0 bridgehead atoms. The van der Waals surface area contributed by atoms with Crippen LogP contribution in [0.15, 0.2) is 10.5 Å². The number of nitrogens with zero attached hydrogens (tertiary/aromatic N) is 5. The van der Waals surface area contributed by atoms with Crippen LogP contribution in [0, 0.1) is 13.8 Å². The summed E-state index contributed by atoms with van der Waals surface area (Å²) < 4.78 is 11.4. The Balaban J connectivity index is 1.40. The zero-order valence-electron chi connectivity index (χ0n) is 16.6. The summed E-state index contributed by atoms with van der Waals surface area (Å²) in [5.74, 6) is 1.26. The molecule has 2 aliphatic heterocycles. The van der Waals surface area contributed by atoms with Crippen molar-refractivity contribution in [1.29, 1.82) is 0 Å². The lowest BCUT2D eigenvalue weighted by atomic mass is 10.2. The number of oxazole rings is 1. The topological polar surface area (TPSA) is 96.6 Å². The van der Waals surface area contributed by atoms with E-state index in [1.807, 2.05) is 27.0 Å². The molecule has 150 valence electrons. The second-order valence-corrected chi connectivity index (χ2v) is 7.48. The highest BCUT2D eigenvalue weighted by Gasteiger charge is 2.27. The van der Waals surface area contributed by atoms with Crippen LogP contribution in [0.2, 0.25) is 0 Å². The van der Waals surface area contributed by atoms with Crippen molar-refractivity contribution in [3.8, 4) is 0 Å². The number of hydrogen-bond acceptors (Lipinski definition) is 8. The predicted molar refractivity (Wildman–Crippen MR) is 102 cm³/mol. The lowest BCUT2D eigenvalue weighted by molar-refractivity contribution is -0.0176. The number of amides is 1. The van der Waals surface area contributed by atoms with Crippen LogP contribution in [0.5, 0.6) is 0 Å². The third kappa shape index (κ3) is 4.15. The van der Waals surface area contributed by atoms with Gasteiger partial charge in [0.15, 0.2) is 0 Å². The Morgan fingerprint density at radius 1 is 1.25 bits per heavy atom. The standard InChI is InChI=1S/C19H26N6O3/c1-12-8-13(2)22-19(21-12)25-5-4-16-15(11-25)23-18(28-16)17(26)20-9-14-10-24(3)6-7-27-14/h8,14H,4-7,9-11H2,1-3H3,(H,20,26). The molecule has 2 aromatic heterocycles. The van der Waals surface area contributed by atoms with E-state index in [1.54, 1.807) is 0 Å². The molecule has 0 radical (unpaired) electrons. The molecule has 0 saturated carbocycles. The minimum Gasteiger partial charge on any atom is -0.437 e. The van der Waals surface area contributed by atoms with Gasteiger partial charge < -0.3 is 24.3 Å². The number of fused-ring (bicyclic) bond motifs is 1. The molecule has 0 aromatic carbocycles. The Morgan fingerprint density at radius 2 is 2.04 bits per heavy atom. The zero-order chi connectivity index (χ0) is 19.7. The maximum atomic E-state index is 12.5. The van der Waals surface area contributed by atoms with E-state index in [1.165, 1.54) is 0 Å². The number of carbonyl (C=O) groups is 1.